The molecule has 96 valence electrons. The fraction of sp³-hybridized carbons (Fsp3) is 0.273. The molecule has 0 bridgehead atoms. The van der Waals surface area contributed by atoms with Gasteiger partial charge in [0.25, 0.3) is 0 Å². The van der Waals surface area contributed by atoms with Gasteiger partial charge >= 0.3 is 0 Å². The molecule has 18 heavy (non-hydrogen) atoms. The lowest BCUT2D eigenvalue weighted by molar-refractivity contribution is 0.602. The zero-order valence-electron chi connectivity index (χ0n) is 10.4. The molecule has 0 aliphatic carbocycles. The number of nitrogens with one attached hydrogen (secondary N) is 1. The number of sulfone groups is 1. The van der Waals surface area contributed by atoms with Gasteiger partial charge in [-0.3, -0.25) is 4.57 Å². The Balaban J connectivity index is 2.55. The Morgan fingerprint density at radius 3 is 2.56 bits per heavy atom. The van der Waals surface area contributed by atoms with Crippen LogP contribution >= 0.6 is 0 Å². The summed E-state index contributed by atoms with van der Waals surface area (Å²) < 4.78 is 24.8. The van der Waals surface area contributed by atoms with Crippen LogP contribution in [-0.2, 0) is 16.9 Å². The van der Waals surface area contributed by atoms with Gasteiger partial charge in [-0.2, -0.15) is 0 Å². The molecule has 6 nitrogen and oxygen atoms in total. The molecule has 1 N–H and O–H groups in total. The number of benzene rings is 1. The average Bonchev–Trinajstić information content (AvgIpc) is 2.69. The van der Waals surface area contributed by atoms with Gasteiger partial charge in [0.2, 0.25) is 5.95 Å². The van der Waals surface area contributed by atoms with Crippen molar-refractivity contribution >= 4 is 15.8 Å². The van der Waals surface area contributed by atoms with Crippen LogP contribution in [0.2, 0.25) is 0 Å². The van der Waals surface area contributed by atoms with Gasteiger partial charge in [0.05, 0.1) is 4.90 Å². The highest BCUT2D eigenvalue weighted by Crippen LogP contribution is 2.22. The minimum absolute atomic E-state index is 0.272. The van der Waals surface area contributed by atoms with Gasteiger partial charge in [0.15, 0.2) is 15.7 Å². The van der Waals surface area contributed by atoms with Crippen molar-refractivity contribution in [2.75, 3.05) is 18.6 Å². The summed E-state index contributed by atoms with van der Waals surface area (Å²) in [5.41, 5.74) is 0.717. The second-order valence-corrected chi connectivity index (χ2v) is 5.97. The molecule has 7 heteroatoms. The van der Waals surface area contributed by atoms with Crippen molar-refractivity contribution in [1.29, 1.82) is 0 Å². The molecule has 1 aromatic carbocycles. The summed E-state index contributed by atoms with van der Waals surface area (Å²) >= 11 is 0. The van der Waals surface area contributed by atoms with E-state index in [1.54, 1.807) is 35.9 Å². The quantitative estimate of drug-likeness (QED) is 0.894. The number of nitrogens with zero attached hydrogens (tertiary/aromatic N) is 3. The highest BCUT2D eigenvalue weighted by atomic mass is 32.2. The smallest absolute Gasteiger partial charge is 0.224 e. The van der Waals surface area contributed by atoms with Crippen LogP contribution in [0.3, 0.4) is 0 Å². The highest BCUT2D eigenvalue weighted by molar-refractivity contribution is 7.90. The van der Waals surface area contributed by atoms with E-state index in [1.165, 1.54) is 6.26 Å². The maximum absolute atomic E-state index is 11.5. The van der Waals surface area contributed by atoms with E-state index in [-0.39, 0.29) is 4.90 Å². The Kier molecular flexibility index (Phi) is 3.08. The first-order chi connectivity index (χ1) is 8.43. The molecule has 0 spiro atoms. The Bertz CT molecular complexity index is 676. The van der Waals surface area contributed by atoms with E-state index in [0.717, 1.165) is 5.56 Å². The van der Waals surface area contributed by atoms with Crippen molar-refractivity contribution in [3.8, 4) is 11.4 Å². The third kappa shape index (κ3) is 2.21. The molecular weight excluding hydrogens is 252 g/mol. The minimum atomic E-state index is -3.22. The zero-order chi connectivity index (χ0) is 13.3. The summed E-state index contributed by atoms with van der Waals surface area (Å²) in [6.45, 7) is 0. The van der Waals surface area contributed by atoms with Gasteiger partial charge in [-0.05, 0) is 12.1 Å². The SMILES string of the molecule is CNc1nnc(-c2cccc(S(C)(=O)=O)c2)n1C. The standard InChI is InChI=1S/C11H14N4O2S/c1-12-11-14-13-10(15(11)2)8-5-4-6-9(7-8)18(3,16)17/h4-7H,1-3H3,(H,12,14). The van der Waals surface area contributed by atoms with Crippen molar-refractivity contribution in [3.63, 3.8) is 0 Å². The Labute approximate surface area is 106 Å². The monoisotopic (exact) mass is 266 g/mol. The molecule has 0 fully saturated rings. The fourth-order valence-electron chi connectivity index (χ4n) is 1.66. The van der Waals surface area contributed by atoms with Gasteiger partial charge in [0.1, 0.15) is 0 Å². The van der Waals surface area contributed by atoms with Gasteiger partial charge in [-0.25, -0.2) is 8.42 Å². The molecule has 0 atom stereocenters. The van der Waals surface area contributed by atoms with Crippen LogP contribution in [0.4, 0.5) is 5.95 Å². The summed E-state index contributed by atoms with van der Waals surface area (Å²) in [4.78, 5) is 0.272. The van der Waals surface area contributed by atoms with Crippen molar-refractivity contribution in [2.45, 2.75) is 4.90 Å². The molecule has 2 rings (SSSR count). The molecule has 0 saturated heterocycles. The fourth-order valence-corrected chi connectivity index (χ4v) is 2.33. The first-order valence-electron chi connectivity index (χ1n) is 5.31. The number of rotatable bonds is 3. The topological polar surface area (TPSA) is 76.9 Å². The number of aromatic nitrogens is 3. The maximum atomic E-state index is 11.5. The van der Waals surface area contributed by atoms with Gasteiger partial charge < -0.3 is 5.32 Å². The molecule has 1 heterocycles. The average molecular weight is 266 g/mol. The molecule has 1 aromatic heterocycles. The lowest BCUT2D eigenvalue weighted by Gasteiger charge is -2.04. The highest BCUT2D eigenvalue weighted by Gasteiger charge is 2.13. The molecule has 0 amide bonds. The minimum Gasteiger partial charge on any atom is -0.357 e. The summed E-state index contributed by atoms with van der Waals surface area (Å²) in [7, 11) is 0.346. The molecule has 0 unspecified atom stereocenters. The van der Waals surface area contributed by atoms with Gasteiger partial charge in [-0.15, -0.1) is 10.2 Å². The number of anilines is 1. The maximum Gasteiger partial charge on any atom is 0.224 e. The first-order valence-corrected chi connectivity index (χ1v) is 7.20. The van der Waals surface area contributed by atoms with E-state index in [0.29, 0.717) is 11.8 Å². The Hall–Kier alpha value is -1.89. The lowest BCUT2D eigenvalue weighted by Crippen LogP contribution is -2.01. The Morgan fingerprint density at radius 1 is 1.28 bits per heavy atom. The van der Waals surface area contributed by atoms with Crippen molar-refractivity contribution in [3.05, 3.63) is 24.3 Å². The second-order valence-electron chi connectivity index (χ2n) is 3.96. The van der Waals surface area contributed by atoms with Crippen LogP contribution in [0.5, 0.6) is 0 Å². The first kappa shape index (κ1) is 12.6. The molecule has 0 saturated carbocycles. The summed E-state index contributed by atoms with van der Waals surface area (Å²) in [5, 5.41) is 10.9. The summed E-state index contributed by atoms with van der Waals surface area (Å²) in [5.74, 6) is 1.24. The van der Waals surface area contributed by atoms with Crippen molar-refractivity contribution in [1.82, 2.24) is 14.8 Å². The molecule has 2 aromatic rings. The van der Waals surface area contributed by atoms with E-state index in [1.807, 2.05) is 7.05 Å². The molecular formula is C11H14N4O2S. The van der Waals surface area contributed by atoms with Gasteiger partial charge in [0, 0.05) is 25.9 Å². The molecule has 0 aliphatic heterocycles. The Morgan fingerprint density at radius 2 is 2.00 bits per heavy atom. The van der Waals surface area contributed by atoms with E-state index in [2.05, 4.69) is 15.5 Å². The molecule has 0 aliphatic rings. The third-order valence-corrected chi connectivity index (χ3v) is 3.73. The van der Waals surface area contributed by atoms with Crippen LogP contribution in [-0.4, -0.2) is 36.5 Å². The van der Waals surface area contributed by atoms with Crippen LogP contribution in [0.25, 0.3) is 11.4 Å². The van der Waals surface area contributed by atoms with E-state index >= 15 is 0 Å². The normalized spacial score (nSPS) is 11.5. The van der Waals surface area contributed by atoms with E-state index in [9.17, 15) is 8.42 Å². The number of hydrogen-bond donors (Lipinski definition) is 1. The van der Waals surface area contributed by atoms with Crippen LogP contribution in [0.15, 0.2) is 29.2 Å². The van der Waals surface area contributed by atoms with Crippen molar-refractivity contribution < 1.29 is 8.42 Å². The zero-order valence-corrected chi connectivity index (χ0v) is 11.2. The largest absolute Gasteiger partial charge is 0.357 e. The van der Waals surface area contributed by atoms with Crippen LogP contribution < -0.4 is 5.32 Å². The van der Waals surface area contributed by atoms with Crippen LogP contribution in [0.1, 0.15) is 0 Å². The van der Waals surface area contributed by atoms with Crippen LogP contribution in [0, 0.1) is 0 Å². The van der Waals surface area contributed by atoms with Crippen molar-refractivity contribution in [2.24, 2.45) is 7.05 Å². The second kappa shape index (κ2) is 4.41. The van der Waals surface area contributed by atoms with E-state index in [4.69, 9.17) is 0 Å². The third-order valence-electron chi connectivity index (χ3n) is 2.62. The predicted molar refractivity (Wildman–Crippen MR) is 69.1 cm³/mol. The summed E-state index contributed by atoms with van der Waals surface area (Å²) in [6, 6.07) is 6.66. The van der Waals surface area contributed by atoms with Gasteiger partial charge in [-0.1, -0.05) is 12.1 Å². The summed E-state index contributed by atoms with van der Waals surface area (Å²) in [6.07, 6.45) is 1.18. The number of hydrogen-bond acceptors (Lipinski definition) is 5. The molecule has 0 radical (unpaired) electrons. The predicted octanol–water partition coefficient (Wildman–Crippen LogP) is 0.927. The lowest BCUT2D eigenvalue weighted by atomic mass is 10.2. The van der Waals surface area contributed by atoms with E-state index < -0.39 is 9.84 Å².